The first-order valence-electron chi connectivity index (χ1n) is 5.21. The van der Waals surface area contributed by atoms with Gasteiger partial charge in [-0.25, -0.2) is 0 Å². The maximum Gasteiger partial charge on any atom is 0.416 e. The molecule has 0 aliphatic carbocycles. The van der Waals surface area contributed by atoms with E-state index in [1.54, 1.807) is 6.92 Å². The van der Waals surface area contributed by atoms with E-state index in [9.17, 15) is 13.2 Å². The normalized spacial score (nSPS) is 13.8. The van der Waals surface area contributed by atoms with Gasteiger partial charge in [-0.2, -0.15) is 18.2 Å². The molecule has 0 saturated heterocycles. The minimum Gasteiger partial charge on any atom is -0.474 e. The van der Waals surface area contributed by atoms with Crippen LogP contribution in [-0.2, 0) is 6.18 Å². The number of nitrogens with zero attached hydrogens (tertiary/aromatic N) is 1. The Balaban J connectivity index is 2.98. The van der Waals surface area contributed by atoms with Crippen LogP contribution in [0.25, 0.3) is 0 Å². The number of anilines is 1. The predicted octanol–water partition coefficient (Wildman–Crippen LogP) is 3.11. The van der Waals surface area contributed by atoms with Crippen LogP contribution in [0.2, 0.25) is 0 Å². The molecule has 1 aromatic heterocycles. The summed E-state index contributed by atoms with van der Waals surface area (Å²) < 4.78 is 42.8. The second-order valence-corrected chi connectivity index (χ2v) is 4.18. The van der Waals surface area contributed by atoms with Gasteiger partial charge in [0.25, 0.3) is 0 Å². The Labute approximate surface area is 97.8 Å². The zero-order valence-electron chi connectivity index (χ0n) is 9.88. The van der Waals surface area contributed by atoms with Crippen LogP contribution in [0, 0.1) is 5.92 Å². The lowest BCUT2D eigenvalue weighted by Crippen LogP contribution is -2.20. The lowest BCUT2D eigenvalue weighted by atomic mass is 10.1. The first-order chi connectivity index (χ1) is 7.70. The van der Waals surface area contributed by atoms with Crippen LogP contribution in [-0.4, -0.2) is 11.1 Å². The molecular formula is C11H15F3N2O. The molecule has 1 unspecified atom stereocenters. The maximum absolute atomic E-state index is 12.5. The number of nitrogens with two attached hydrogens (primary N) is 1. The summed E-state index contributed by atoms with van der Waals surface area (Å²) in [5, 5.41) is 0. The van der Waals surface area contributed by atoms with Crippen LogP contribution in [0.3, 0.4) is 0 Å². The van der Waals surface area contributed by atoms with Gasteiger partial charge in [0.2, 0.25) is 5.88 Å². The Morgan fingerprint density at radius 1 is 1.24 bits per heavy atom. The van der Waals surface area contributed by atoms with Gasteiger partial charge in [0.15, 0.2) is 0 Å². The Morgan fingerprint density at radius 2 is 1.82 bits per heavy atom. The molecular weight excluding hydrogens is 233 g/mol. The van der Waals surface area contributed by atoms with Crippen molar-refractivity contribution in [1.82, 2.24) is 4.98 Å². The molecule has 0 saturated carbocycles. The molecule has 0 spiro atoms. The largest absolute Gasteiger partial charge is 0.474 e. The fourth-order valence-corrected chi connectivity index (χ4v) is 1.08. The Kier molecular flexibility index (Phi) is 3.85. The second-order valence-electron chi connectivity index (χ2n) is 4.18. The fraction of sp³-hybridized carbons (Fsp3) is 0.545. The molecule has 1 aromatic rings. The summed E-state index contributed by atoms with van der Waals surface area (Å²) in [7, 11) is 0. The lowest BCUT2D eigenvalue weighted by molar-refractivity contribution is -0.137. The molecule has 17 heavy (non-hydrogen) atoms. The first-order valence-corrected chi connectivity index (χ1v) is 5.21. The number of hydrogen-bond acceptors (Lipinski definition) is 3. The van der Waals surface area contributed by atoms with E-state index in [0.717, 1.165) is 12.1 Å². The van der Waals surface area contributed by atoms with Crippen molar-refractivity contribution in [2.75, 3.05) is 5.73 Å². The molecule has 1 atom stereocenters. The highest BCUT2D eigenvalue weighted by Gasteiger charge is 2.32. The van der Waals surface area contributed by atoms with E-state index < -0.39 is 11.7 Å². The monoisotopic (exact) mass is 248 g/mol. The van der Waals surface area contributed by atoms with E-state index in [1.807, 2.05) is 13.8 Å². The van der Waals surface area contributed by atoms with Gasteiger partial charge in [-0.1, -0.05) is 13.8 Å². The molecule has 0 fully saturated rings. The highest BCUT2D eigenvalue weighted by atomic mass is 19.4. The molecule has 0 aliphatic rings. The zero-order valence-corrected chi connectivity index (χ0v) is 9.88. The summed E-state index contributed by atoms with van der Waals surface area (Å²) in [5.74, 6) is -0.128. The van der Waals surface area contributed by atoms with Gasteiger partial charge in [-0.15, -0.1) is 0 Å². The number of aromatic nitrogens is 1. The summed E-state index contributed by atoms with van der Waals surface area (Å²) in [5.41, 5.74) is 4.47. The van der Waals surface area contributed by atoms with Gasteiger partial charge in [0, 0.05) is 6.07 Å². The van der Waals surface area contributed by atoms with E-state index >= 15 is 0 Å². The minimum atomic E-state index is -4.45. The van der Waals surface area contributed by atoms with E-state index in [2.05, 4.69) is 4.98 Å². The highest BCUT2D eigenvalue weighted by Crippen LogP contribution is 2.32. The number of alkyl halides is 3. The molecule has 6 heteroatoms. The lowest BCUT2D eigenvalue weighted by Gasteiger charge is -2.18. The summed E-state index contributed by atoms with van der Waals surface area (Å²) in [4.78, 5) is 3.73. The average Bonchev–Trinajstić information content (AvgIpc) is 2.15. The Hall–Kier alpha value is -1.46. The SMILES string of the molecule is CC(C)C(C)Oc1cc(C(F)(F)F)cc(N)n1. The van der Waals surface area contributed by atoms with Crippen molar-refractivity contribution < 1.29 is 17.9 Å². The zero-order chi connectivity index (χ0) is 13.2. The van der Waals surface area contributed by atoms with Gasteiger partial charge in [-0.3, -0.25) is 0 Å². The molecule has 3 nitrogen and oxygen atoms in total. The average molecular weight is 248 g/mol. The second kappa shape index (κ2) is 4.81. The summed E-state index contributed by atoms with van der Waals surface area (Å²) in [6.07, 6.45) is -4.68. The number of hydrogen-bond donors (Lipinski definition) is 1. The predicted molar refractivity (Wildman–Crippen MR) is 58.6 cm³/mol. The number of halogens is 3. The third kappa shape index (κ3) is 3.80. The molecule has 0 bridgehead atoms. The van der Waals surface area contributed by atoms with E-state index in [-0.39, 0.29) is 23.7 Å². The molecule has 1 rings (SSSR count). The molecule has 0 aromatic carbocycles. The van der Waals surface area contributed by atoms with Crippen LogP contribution < -0.4 is 10.5 Å². The van der Waals surface area contributed by atoms with Crippen molar-refractivity contribution in [1.29, 1.82) is 0 Å². The molecule has 0 aliphatic heterocycles. The molecule has 0 radical (unpaired) electrons. The van der Waals surface area contributed by atoms with E-state index in [0.29, 0.717) is 0 Å². The maximum atomic E-state index is 12.5. The van der Waals surface area contributed by atoms with Crippen molar-refractivity contribution in [3.05, 3.63) is 17.7 Å². The topological polar surface area (TPSA) is 48.1 Å². The minimum absolute atomic E-state index is 0.0986. The summed E-state index contributed by atoms with van der Waals surface area (Å²) in [6.45, 7) is 5.58. The fourth-order valence-electron chi connectivity index (χ4n) is 1.08. The summed E-state index contributed by atoms with van der Waals surface area (Å²) >= 11 is 0. The quantitative estimate of drug-likeness (QED) is 0.894. The first kappa shape index (κ1) is 13.6. The van der Waals surface area contributed by atoms with Gasteiger partial charge in [0.1, 0.15) is 5.82 Å². The number of rotatable bonds is 3. The highest BCUT2D eigenvalue weighted by molar-refractivity contribution is 5.38. The smallest absolute Gasteiger partial charge is 0.416 e. The molecule has 2 N–H and O–H groups in total. The van der Waals surface area contributed by atoms with Crippen molar-refractivity contribution in [2.24, 2.45) is 5.92 Å². The molecule has 0 amide bonds. The van der Waals surface area contributed by atoms with E-state index in [1.165, 1.54) is 0 Å². The van der Waals surface area contributed by atoms with Crippen molar-refractivity contribution in [3.8, 4) is 5.88 Å². The van der Waals surface area contributed by atoms with Crippen LogP contribution in [0.15, 0.2) is 12.1 Å². The van der Waals surface area contributed by atoms with Crippen molar-refractivity contribution in [2.45, 2.75) is 33.1 Å². The number of ether oxygens (including phenoxy) is 1. The van der Waals surface area contributed by atoms with E-state index in [4.69, 9.17) is 10.5 Å². The number of nitrogen functional groups attached to an aromatic ring is 1. The van der Waals surface area contributed by atoms with Crippen LogP contribution in [0.5, 0.6) is 5.88 Å². The van der Waals surface area contributed by atoms with Crippen LogP contribution >= 0.6 is 0 Å². The van der Waals surface area contributed by atoms with Crippen LogP contribution in [0.1, 0.15) is 26.3 Å². The van der Waals surface area contributed by atoms with Crippen molar-refractivity contribution in [3.63, 3.8) is 0 Å². The number of pyridine rings is 1. The van der Waals surface area contributed by atoms with Crippen molar-refractivity contribution >= 4 is 5.82 Å². The van der Waals surface area contributed by atoms with Gasteiger partial charge in [0.05, 0.1) is 11.7 Å². The Bertz CT molecular complexity index is 391. The van der Waals surface area contributed by atoms with Gasteiger partial charge in [-0.05, 0) is 18.9 Å². The van der Waals surface area contributed by atoms with Gasteiger partial charge >= 0.3 is 6.18 Å². The third-order valence-corrected chi connectivity index (χ3v) is 2.39. The summed E-state index contributed by atoms with van der Waals surface area (Å²) in [6, 6.07) is 1.64. The Morgan fingerprint density at radius 3 is 2.29 bits per heavy atom. The third-order valence-electron chi connectivity index (χ3n) is 2.39. The van der Waals surface area contributed by atoms with Gasteiger partial charge < -0.3 is 10.5 Å². The molecule has 96 valence electrons. The molecule has 1 heterocycles. The standard InChI is InChI=1S/C11H15F3N2O/c1-6(2)7(3)17-10-5-8(11(12,13)14)4-9(15)16-10/h4-7H,1-3H3,(H2,15,16). The van der Waals surface area contributed by atoms with Crippen LogP contribution in [0.4, 0.5) is 19.0 Å².